The fourth-order valence-electron chi connectivity index (χ4n) is 2.12. The molecule has 0 radical (unpaired) electrons. The van der Waals surface area contributed by atoms with Gasteiger partial charge >= 0.3 is 0 Å². The summed E-state index contributed by atoms with van der Waals surface area (Å²) >= 11 is 1.65. The molecular formula is C15H15N3OS. The number of hydrogen-bond donors (Lipinski definition) is 1. The maximum absolute atomic E-state index is 9.45. The predicted molar refractivity (Wildman–Crippen MR) is 80.1 cm³/mol. The van der Waals surface area contributed by atoms with Crippen molar-refractivity contribution in [3.05, 3.63) is 53.6 Å². The van der Waals surface area contributed by atoms with E-state index in [2.05, 4.69) is 16.9 Å². The highest BCUT2D eigenvalue weighted by atomic mass is 32.2. The Hall–Kier alpha value is -2.01. The van der Waals surface area contributed by atoms with Gasteiger partial charge in [0.1, 0.15) is 5.75 Å². The van der Waals surface area contributed by atoms with Crippen LogP contribution in [0.4, 0.5) is 0 Å². The number of phenolic OH excluding ortho intramolecular Hbond substituents is 1. The van der Waals surface area contributed by atoms with Crippen molar-refractivity contribution in [2.24, 2.45) is 0 Å². The highest BCUT2D eigenvalue weighted by Gasteiger charge is 2.06. The molecule has 1 N–H and O–H groups in total. The molecule has 0 aliphatic heterocycles. The van der Waals surface area contributed by atoms with Crippen LogP contribution in [0.1, 0.15) is 17.1 Å². The SMILES string of the molecule is Cc1cc(C)n2cc(CSc3cccc(O)c3)nc2n1. The van der Waals surface area contributed by atoms with E-state index in [1.807, 2.05) is 35.7 Å². The maximum atomic E-state index is 9.45. The second kappa shape index (κ2) is 5.17. The normalized spacial score (nSPS) is 11.1. The van der Waals surface area contributed by atoms with Crippen LogP contribution in [0.5, 0.6) is 5.75 Å². The van der Waals surface area contributed by atoms with Crippen molar-refractivity contribution in [3.63, 3.8) is 0 Å². The van der Waals surface area contributed by atoms with Crippen molar-refractivity contribution < 1.29 is 5.11 Å². The van der Waals surface area contributed by atoms with Crippen molar-refractivity contribution >= 4 is 17.5 Å². The molecule has 0 saturated carbocycles. The highest BCUT2D eigenvalue weighted by molar-refractivity contribution is 7.98. The number of nitrogens with zero attached hydrogens (tertiary/aromatic N) is 3. The molecule has 102 valence electrons. The minimum atomic E-state index is 0.290. The molecule has 4 nitrogen and oxygen atoms in total. The van der Waals surface area contributed by atoms with Gasteiger partial charge in [-0.1, -0.05) is 6.07 Å². The van der Waals surface area contributed by atoms with Gasteiger partial charge in [0.05, 0.1) is 5.69 Å². The largest absolute Gasteiger partial charge is 0.508 e. The summed E-state index contributed by atoms with van der Waals surface area (Å²) in [5.41, 5.74) is 3.10. The summed E-state index contributed by atoms with van der Waals surface area (Å²) in [7, 11) is 0. The molecule has 0 aliphatic rings. The molecule has 0 amide bonds. The van der Waals surface area contributed by atoms with E-state index >= 15 is 0 Å². The van der Waals surface area contributed by atoms with Crippen LogP contribution in [0, 0.1) is 13.8 Å². The number of rotatable bonds is 3. The number of thioether (sulfide) groups is 1. The molecule has 0 atom stereocenters. The Balaban J connectivity index is 1.83. The summed E-state index contributed by atoms with van der Waals surface area (Å²) in [6, 6.07) is 9.30. The Bertz CT molecular complexity index is 767. The minimum Gasteiger partial charge on any atom is -0.508 e. The molecule has 0 bridgehead atoms. The number of benzene rings is 1. The van der Waals surface area contributed by atoms with Gasteiger partial charge in [0.15, 0.2) is 0 Å². The highest BCUT2D eigenvalue weighted by Crippen LogP contribution is 2.25. The van der Waals surface area contributed by atoms with E-state index in [0.29, 0.717) is 0 Å². The first-order valence-corrected chi connectivity index (χ1v) is 7.34. The van der Waals surface area contributed by atoms with Crippen LogP contribution in [0.2, 0.25) is 0 Å². The van der Waals surface area contributed by atoms with Gasteiger partial charge in [0.2, 0.25) is 5.78 Å². The monoisotopic (exact) mass is 285 g/mol. The molecule has 2 aromatic heterocycles. The third-order valence-corrected chi connectivity index (χ3v) is 4.04. The second-order valence-electron chi connectivity index (χ2n) is 4.73. The molecular weight excluding hydrogens is 270 g/mol. The van der Waals surface area contributed by atoms with Crippen LogP contribution >= 0.6 is 11.8 Å². The van der Waals surface area contributed by atoms with Gasteiger partial charge in [0.25, 0.3) is 0 Å². The molecule has 0 spiro atoms. The van der Waals surface area contributed by atoms with Crippen molar-refractivity contribution in [2.75, 3.05) is 0 Å². The lowest BCUT2D eigenvalue weighted by atomic mass is 10.3. The molecule has 0 aliphatic carbocycles. The van der Waals surface area contributed by atoms with Crippen LogP contribution in [-0.4, -0.2) is 19.5 Å². The van der Waals surface area contributed by atoms with E-state index in [9.17, 15) is 5.11 Å². The molecule has 5 heteroatoms. The first-order chi connectivity index (χ1) is 9.61. The summed E-state index contributed by atoms with van der Waals surface area (Å²) in [5.74, 6) is 1.79. The summed E-state index contributed by atoms with van der Waals surface area (Å²) in [6.07, 6.45) is 2.02. The smallest absolute Gasteiger partial charge is 0.234 e. The number of fused-ring (bicyclic) bond motifs is 1. The number of aromatic nitrogens is 3. The summed E-state index contributed by atoms with van der Waals surface area (Å²) in [4.78, 5) is 10.00. The van der Waals surface area contributed by atoms with E-state index in [0.717, 1.165) is 33.5 Å². The first-order valence-electron chi connectivity index (χ1n) is 6.36. The maximum Gasteiger partial charge on any atom is 0.234 e. The molecule has 0 unspecified atom stereocenters. The molecule has 3 aromatic rings. The van der Waals surface area contributed by atoms with Gasteiger partial charge in [-0.25, -0.2) is 9.97 Å². The summed E-state index contributed by atoms with van der Waals surface area (Å²) in [6.45, 7) is 4.03. The fourth-order valence-corrected chi connectivity index (χ4v) is 2.95. The van der Waals surface area contributed by atoms with Crippen LogP contribution in [0.25, 0.3) is 5.78 Å². The number of phenols is 1. The molecule has 20 heavy (non-hydrogen) atoms. The number of aryl methyl sites for hydroxylation is 2. The van der Waals surface area contributed by atoms with Gasteiger partial charge in [-0.2, -0.15) is 0 Å². The Morgan fingerprint density at radius 3 is 2.85 bits per heavy atom. The average molecular weight is 285 g/mol. The second-order valence-corrected chi connectivity index (χ2v) is 5.78. The Kier molecular flexibility index (Phi) is 3.36. The molecule has 1 aromatic carbocycles. The molecule has 0 saturated heterocycles. The van der Waals surface area contributed by atoms with Gasteiger partial charge in [-0.05, 0) is 38.1 Å². The van der Waals surface area contributed by atoms with Gasteiger partial charge in [0, 0.05) is 28.2 Å². The lowest BCUT2D eigenvalue weighted by Crippen LogP contribution is -1.94. The summed E-state index contributed by atoms with van der Waals surface area (Å²) in [5, 5.41) is 9.45. The van der Waals surface area contributed by atoms with Crippen molar-refractivity contribution in [1.82, 2.24) is 14.4 Å². The Labute approximate surface area is 121 Å². The topological polar surface area (TPSA) is 50.4 Å². The first kappa shape index (κ1) is 13.0. The van der Waals surface area contributed by atoms with Crippen molar-refractivity contribution in [3.8, 4) is 5.75 Å². The predicted octanol–water partition coefficient (Wildman–Crippen LogP) is 3.34. The van der Waals surface area contributed by atoms with Gasteiger partial charge in [-0.15, -0.1) is 11.8 Å². The Morgan fingerprint density at radius 1 is 1.20 bits per heavy atom. The molecule has 3 rings (SSSR count). The van der Waals surface area contributed by atoms with E-state index in [1.54, 1.807) is 23.9 Å². The van der Waals surface area contributed by atoms with E-state index in [1.165, 1.54) is 0 Å². The molecule has 0 fully saturated rings. The zero-order chi connectivity index (χ0) is 14.1. The van der Waals surface area contributed by atoms with Crippen molar-refractivity contribution in [2.45, 2.75) is 24.5 Å². The average Bonchev–Trinajstić information content (AvgIpc) is 2.80. The zero-order valence-electron chi connectivity index (χ0n) is 11.4. The quantitative estimate of drug-likeness (QED) is 0.750. The number of imidazole rings is 1. The van der Waals surface area contributed by atoms with Crippen molar-refractivity contribution in [1.29, 1.82) is 0 Å². The van der Waals surface area contributed by atoms with Crippen LogP contribution in [0.3, 0.4) is 0 Å². The standard InChI is InChI=1S/C15H15N3OS/c1-10-6-11(2)18-8-12(17-15(18)16-10)9-20-14-5-3-4-13(19)7-14/h3-8,19H,9H2,1-2H3. The number of aromatic hydroxyl groups is 1. The number of hydrogen-bond acceptors (Lipinski definition) is 4. The van der Waals surface area contributed by atoms with Crippen LogP contribution in [-0.2, 0) is 5.75 Å². The van der Waals surface area contributed by atoms with E-state index in [4.69, 9.17) is 0 Å². The lowest BCUT2D eigenvalue weighted by molar-refractivity contribution is 0.474. The minimum absolute atomic E-state index is 0.290. The van der Waals surface area contributed by atoms with Gasteiger partial charge in [-0.3, -0.25) is 4.40 Å². The van der Waals surface area contributed by atoms with Crippen LogP contribution in [0.15, 0.2) is 41.4 Å². The lowest BCUT2D eigenvalue weighted by Gasteiger charge is -1.99. The van der Waals surface area contributed by atoms with E-state index in [-0.39, 0.29) is 5.75 Å². The zero-order valence-corrected chi connectivity index (χ0v) is 12.2. The van der Waals surface area contributed by atoms with Crippen LogP contribution < -0.4 is 0 Å². The van der Waals surface area contributed by atoms with Gasteiger partial charge < -0.3 is 5.11 Å². The third-order valence-electron chi connectivity index (χ3n) is 3.02. The summed E-state index contributed by atoms with van der Waals surface area (Å²) < 4.78 is 2.01. The van der Waals surface area contributed by atoms with E-state index < -0.39 is 0 Å². The Morgan fingerprint density at radius 2 is 2.05 bits per heavy atom. The fraction of sp³-hybridized carbons (Fsp3) is 0.200. The molecule has 2 heterocycles. The third kappa shape index (κ3) is 2.63.